The first-order chi connectivity index (χ1) is 5.18. The van der Waals surface area contributed by atoms with Crippen LogP contribution in [0.4, 0.5) is 0 Å². The van der Waals surface area contributed by atoms with Crippen molar-refractivity contribution >= 4 is 5.97 Å². The molecule has 0 aliphatic rings. The van der Waals surface area contributed by atoms with Gasteiger partial charge in [-0.1, -0.05) is 25.8 Å². The summed E-state index contributed by atoms with van der Waals surface area (Å²) in [5.41, 5.74) is 0. The lowest BCUT2D eigenvalue weighted by Crippen LogP contribution is -2.21. The Morgan fingerprint density at radius 1 is 1.50 bits per heavy atom. The molecule has 0 bridgehead atoms. The highest BCUT2D eigenvalue weighted by molar-refractivity contribution is 5.63. The van der Waals surface area contributed by atoms with Crippen molar-refractivity contribution in [2.75, 3.05) is 0 Å². The Labute approximate surface area is 75.1 Å². The molecule has 0 aromatic carbocycles. The highest BCUT2D eigenvalue weighted by Crippen LogP contribution is 1.96. The van der Waals surface area contributed by atoms with Crippen LogP contribution in [0.3, 0.4) is 0 Å². The van der Waals surface area contributed by atoms with Gasteiger partial charge in [0.15, 0.2) is 0 Å². The van der Waals surface area contributed by atoms with Gasteiger partial charge in [-0.15, -0.1) is 6.58 Å². The Bertz CT molecular complexity index is 103. The van der Waals surface area contributed by atoms with E-state index in [0.29, 0.717) is 0 Å². The Kier molecular flexibility index (Phi) is 24.0. The molecule has 0 saturated heterocycles. The summed E-state index contributed by atoms with van der Waals surface area (Å²) in [6.07, 6.45) is 4.79. The molecule has 0 rings (SSSR count). The summed E-state index contributed by atoms with van der Waals surface area (Å²) in [7, 11) is 0. The molecule has 0 radical (unpaired) electrons. The van der Waals surface area contributed by atoms with Crippen LogP contribution in [0.25, 0.3) is 0 Å². The maximum absolute atomic E-state index is 9.76. The first kappa shape index (κ1) is 17.3. The standard InChI is InChI=1S/C6H12O2.C3H6.H3N/c1-2-3-4-5-6(7)8;1-3-2;/h2-5H2,1H3,(H,7,8);3H,1H2,2H3;1H3. The second-order valence-corrected chi connectivity index (χ2v) is 2.24. The van der Waals surface area contributed by atoms with Gasteiger partial charge >= 0.3 is 0 Å². The van der Waals surface area contributed by atoms with Gasteiger partial charge in [0.2, 0.25) is 0 Å². The summed E-state index contributed by atoms with van der Waals surface area (Å²) >= 11 is 0. The summed E-state index contributed by atoms with van der Waals surface area (Å²) < 4.78 is 0. The van der Waals surface area contributed by atoms with E-state index in [1.54, 1.807) is 6.08 Å². The molecule has 0 spiro atoms. The highest BCUT2D eigenvalue weighted by Gasteiger charge is 1.84. The fraction of sp³-hybridized carbons (Fsp3) is 0.667. The lowest BCUT2D eigenvalue weighted by Gasteiger charge is -1.97. The zero-order chi connectivity index (χ0) is 9.11. The number of allylic oxidation sites excluding steroid dienone is 1. The Morgan fingerprint density at radius 3 is 2.17 bits per heavy atom. The Morgan fingerprint density at radius 2 is 1.92 bits per heavy atom. The van der Waals surface area contributed by atoms with Gasteiger partial charge in [0.25, 0.3) is 0 Å². The van der Waals surface area contributed by atoms with E-state index in [2.05, 4.69) is 6.58 Å². The van der Waals surface area contributed by atoms with Crippen molar-refractivity contribution in [3.8, 4) is 0 Å². The summed E-state index contributed by atoms with van der Waals surface area (Å²) in [6, 6.07) is 0. The number of hydrogen-bond acceptors (Lipinski definition) is 2. The smallest absolute Gasteiger partial charge is 0.0414 e. The molecule has 0 atom stereocenters. The molecule has 3 heteroatoms. The van der Waals surface area contributed by atoms with Gasteiger partial charge in [-0.05, 0) is 19.8 Å². The number of rotatable bonds is 4. The van der Waals surface area contributed by atoms with Crippen LogP contribution in [-0.4, -0.2) is 5.97 Å². The maximum Gasteiger partial charge on any atom is 0.0414 e. The van der Waals surface area contributed by atoms with Gasteiger partial charge in [-0.2, -0.15) is 0 Å². The number of carboxylic acid groups (broad SMARTS) is 1. The van der Waals surface area contributed by atoms with Gasteiger partial charge in [0.05, 0.1) is 0 Å². The lowest BCUT2D eigenvalue weighted by atomic mass is 10.2. The molecule has 12 heavy (non-hydrogen) atoms. The van der Waals surface area contributed by atoms with Crippen molar-refractivity contribution in [2.24, 2.45) is 0 Å². The molecule has 74 valence electrons. The number of unbranched alkanes of at least 4 members (excludes halogenated alkanes) is 2. The summed E-state index contributed by atoms with van der Waals surface area (Å²) in [4.78, 5) is 9.76. The molecule has 3 nitrogen and oxygen atoms in total. The predicted octanol–water partition coefficient (Wildman–Crippen LogP) is 1.89. The van der Waals surface area contributed by atoms with E-state index in [1.807, 2.05) is 13.8 Å². The minimum atomic E-state index is -0.932. The molecule has 4 N–H and O–H groups in total. The predicted molar refractivity (Wildman–Crippen MR) is 51.0 cm³/mol. The van der Waals surface area contributed by atoms with Crippen molar-refractivity contribution in [3.05, 3.63) is 12.7 Å². The largest absolute Gasteiger partial charge is 0.550 e. The van der Waals surface area contributed by atoms with Crippen LogP contribution in [0.5, 0.6) is 0 Å². The average molecular weight is 175 g/mol. The molecule has 0 aliphatic heterocycles. The second kappa shape index (κ2) is 16.6. The van der Waals surface area contributed by atoms with E-state index in [0.717, 1.165) is 19.3 Å². The van der Waals surface area contributed by atoms with Crippen LogP contribution in [-0.2, 0) is 4.79 Å². The van der Waals surface area contributed by atoms with E-state index < -0.39 is 5.97 Å². The number of quaternary nitrogens is 1. The zero-order valence-electron chi connectivity index (χ0n) is 8.43. The minimum absolute atomic E-state index is 0. The molecular formula is C9H21NO2. The monoisotopic (exact) mass is 175 g/mol. The van der Waals surface area contributed by atoms with Gasteiger partial charge in [-0.3, -0.25) is 0 Å². The Hall–Kier alpha value is -0.830. The molecule has 0 amide bonds. The first-order valence-corrected chi connectivity index (χ1v) is 3.95. The van der Waals surface area contributed by atoms with Crippen molar-refractivity contribution in [1.82, 2.24) is 6.15 Å². The summed E-state index contributed by atoms with van der Waals surface area (Å²) in [5.74, 6) is -0.932. The average Bonchev–Trinajstić information content (AvgIpc) is 1.89. The van der Waals surface area contributed by atoms with Crippen molar-refractivity contribution in [1.29, 1.82) is 0 Å². The number of aliphatic carboxylic acids is 1. The number of hydrogen-bond donors (Lipinski definition) is 1. The van der Waals surface area contributed by atoms with Crippen LogP contribution in [0, 0.1) is 0 Å². The number of carboxylic acids is 1. The second-order valence-electron chi connectivity index (χ2n) is 2.24. The SMILES string of the molecule is C=CC.CCCCCC(=O)[O-].[NH4+]. The summed E-state index contributed by atoms with van der Waals surface area (Å²) in [6.45, 7) is 7.29. The van der Waals surface area contributed by atoms with Crippen LogP contribution < -0.4 is 11.3 Å². The molecular weight excluding hydrogens is 154 g/mol. The fourth-order valence-corrected chi connectivity index (χ4v) is 0.519. The van der Waals surface area contributed by atoms with Gasteiger partial charge in [0, 0.05) is 5.97 Å². The van der Waals surface area contributed by atoms with Crippen LogP contribution in [0.2, 0.25) is 0 Å². The Balaban J connectivity index is -0.000000177. The molecule has 0 aliphatic carbocycles. The third-order valence-electron chi connectivity index (χ3n) is 0.984. The highest BCUT2D eigenvalue weighted by atomic mass is 16.4. The van der Waals surface area contributed by atoms with E-state index in [4.69, 9.17) is 0 Å². The molecule has 0 saturated carbocycles. The lowest BCUT2D eigenvalue weighted by molar-refractivity contribution is -0.305. The number of carbonyl (C=O) groups excluding carboxylic acids is 1. The van der Waals surface area contributed by atoms with Gasteiger partial charge in [-0.25, -0.2) is 0 Å². The third-order valence-corrected chi connectivity index (χ3v) is 0.984. The normalized spacial score (nSPS) is 7.17. The number of carbonyl (C=O) groups is 1. The van der Waals surface area contributed by atoms with Crippen LogP contribution in [0.1, 0.15) is 39.5 Å². The molecule has 0 aromatic heterocycles. The van der Waals surface area contributed by atoms with Crippen molar-refractivity contribution in [2.45, 2.75) is 39.5 Å². The van der Waals surface area contributed by atoms with E-state index >= 15 is 0 Å². The summed E-state index contributed by atoms with van der Waals surface area (Å²) in [5, 5.41) is 9.76. The van der Waals surface area contributed by atoms with Gasteiger partial charge < -0.3 is 16.1 Å². The van der Waals surface area contributed by atoms with E-state index in [-0.39, 0.29) is 12.6 Å². The molecule has 0 unspecified atom stereocenters. The molecule has 0 aromatic rings. The maximum atomic E-state index is 9.76. The van der Waals surface area contributed by atoms with Gasteiger partial charge in [0.1, 0.15) is 0 Å². The third kappa shape index (κ3) is 35.2. The minimum Gasteiger partial charge on any atom is -0.550 e. The van der Waals surface area contributed by atoms with E-state index in [9.17, 15) is 9.90 Å². The van der Waals surface area contributed by atoms with Crippen molar-refractivity contribution < 1.29 is 9.90 Å². The van der Waals surface area contributed by atoms with Crippen LogP contribution >= 0.6 is 0 Å². The zero-order valence-corrected chi connectivity index (χ0v) is 8.43. The van der Waals surface area contributed by atoms with E-state index in [1.165, 1.54) is 0 Å². The molecule has 0 fully saturated rings. The first-order valence-electron chi connectivity index (χ1n) is 3.95. The van der Waals surface area contributed by atoms with Crippen molar-refractivity contribution in [3.63, 3.8) is 0 Å². The molecule has 0 heterocycles. The quantitative estimate of drug-likeness (QED) is 0.523. The topological polar surface area (TPSA) is 76.6 Å². The van der Waals surface area contributed by atoms with Crippen LogP contribution in [0.15, 0.2) is 12.7 Å². The fourth-order valence-electron chi connectivity index (χ4n) is 0.519.